The van der Waals surface area contributed by atoms with Gasteiger partial charge in [-0.2, -0.15) is 0 Å². The number of hydrogen-bond acceptors (Lipinski definition) is 4. The predicted octanol–water partition coefficient (Wildman–Crippen LogP) is 4.22. The van der Waals surface area contributed by atoms with E-state index in [0.717, 1.165) is 37.7 Å². The molecule has 2 N–H and O–H groups in total. The third-order valence-electron chi connectivity index (χ3n) is 6.46. The third-order valence-corrected chi connectivity index (χ3v) is 6.74. The first-order valence-electron chi connectivity index (χ1n) is 9.43. The van der Waals surface area contributed by atoms with Crippen LogP contribution < -0.4 is 10.2 Å². The van der Waals surface area contributed by atoms with Gasteiger partial charge < -0.3 is 20.1 Å². The van der Waals surface area contributed by atoms with E-state index in [-0.39, 0.29) is 10.8 Å². The van der Waals surface area contributed by atoms with Crippen LogP contribution in [0.1, 0.15) is 12.8 Å². The van der Waals surface area contributed by atoms with Crippen LogP contribution in [-0.2, 0) is 0 Å². The van der Waals surface area contributed by atoms with Gasteiger partial charge in [0.2, 0.25) is 0 Å². The van der Waals surface area contributed by atoms with Crippen molar-refractivity contribution in [3.63, 3.8) is 0 Å². The molecule has 1 aromatic carbocycles. The molecule has 5 nitrogen and oxygen atoms in total. The Kier molecular flexibility index (Phi) is 3.81. The van der Waals surface area contributed by atoms with Gasteiger partial charge in [0, 0.05) is 37.7 Å². The quantitative estimate of drug-likeness (QED) is 0.685. The lowest BCUT2D eigenvalue weighted by atomic mass is 10.1. The van der Waals surface area contributed by atoms with E-state index in [1.54, 1.807) is 13.2 Å². The lowest BCUT2D eigenvalue weighted by molar-refractivity contribution is 0.335. The molecule has 3 heterocycles. The molecule has 0 unspecified atom stereocenters. The molecule has 8 heteroatoms. The van der Waals surface area contributed by atoms with Crippen molar-refractivity contribution in [2.24, 2.45) is 5.41 Å². The minimum atomic E-state index is -0.892. The normalized spacial score (nSPS) is 24.2. The first kappa shape index (κ1) is 17.9. The summed E-state index contributed by atoms with van der Waals surface area (Å²) in [6, 6.07) is 1.71. The molecule has 1 saturated heterocycles. The minimum absolute atomic E-state index is 0.199. The molecule has 5 rings (SSSR count). The summed E-state index contributed by atoms with van der Waals surface area (Å²) in [4.78, 5) is 12.0. The molecule has 0 amide bonds. The Labute approximate surface area is 166 Å². The van der Waals surface area contributed by atoms with Crippen molar-refractivity contribution < 1.29 is 8.78 Å². The van der Waals surface area contributed by atoms with Crippen LogP contribution in [0, 0.1) is 17.0 Å². The first-order chi connectivity index (χ1) is 13.4. The number of rotatable bonds is 3. The maximum absolute atomic E-state index is 14.9. The number of nitrogens with one attached hydrogen (secondary N) is 2. The molecule has 2 atom stereocenters. The summed E-state index contributed by atoms with van der Waals surface area (Å²) in [5, 5.41) is 4.14. The summed E-state index contributed by atoms with van der Waals surface area (Å²) in [6.45, 7) is 1.70. The smallest absolute Gasteiger partial charge is 0.169 e. The van der Waals surface area contributed by atoms with Gasteiger partial charge in [-0.25, -0.2) is 13.8 Å². The van der Waals surface area contributed by atoms with E-state index >= 15 is 0 Å². The van der Waals surface area contributed by atoms with E-state index in [0.29, 0.717) is 33.3 Å². The Bertz CT molecular complexity index is 1110. The van der Waals surface area contributed by atoms with Gasteiger partial charge in [0.05, 0.1) is 38.9 Å². The molecule has 1 saturated carbocycles. The van der Waals surface area contributed by atoms with E-state index in [2.05, 4.69) is 39.2 Å². The molecular weight excluding hydrogens is 384 g/mol. The largest absolute Gasteiger partial charge is 0.386 e. The Morgan fingerprint density at radius 1 is 1.36 bits per heavy atom. The van der Waals surface area contributed by atoms with Gasteiger partial charge in [0.1, 0.15) is 5.65 Å². The maximum atomic E-state index is 14.9. The molecule has 1 spiro atoms. The zero-order valence-electron chi connectivity index (χ0n) is 16.0. The second-order valence-corrected chi connectivity index (χ2v) is 8.65. The molecule has 2 aliphatic rings. The zero-order chi connectivity index (χ0) is 19.8. The lowest BCUT2D eigenvalue weighted by Crippen LogP contribution is -2.26. The molecule has 28 heavy (non-hydrogen) atoms. The lowest BCUT2D eigenvalue weighted by Gasteiger charge is -2.22. The highest BCUT2D eigenvalue weighted by molar-refractivity contribution is 6.36. The van der Waals surface area contributed by atoms with Gasteiger partial charge in [-0.1, -0.05) is 11.6 Å². The monoisotopic (exact) mass is 405 g/mol. The summed E-state index contributed by atoms with van der Waals surface area (Å²) in [5.41, 5.74) is 2.50. The van der Waals surface area contributed by atoms with Crippen molar-refractivity contribution in [1.82, 2.24) is 14.9 Å². The summed E-state index contributed by atoms with van der Waals surface area (Å²) in [7, 11) is 5.89. The number of pyridine rings is 1. The number of aromatic amines is 1. The number of anilines is 2. The van der Waals surface area contributed by atoms with E-state index in [1.807, 2.05) is 0 Å². The van der Waals surface area contributed by atoms with Gasteiger partial charge in [-0.3, -0.25) is 0 Å². The predicted molar refractivity (Wildman–Crippen MR) is 109 cm³/mol. The van der Waals surface area contributed by atoms with Crippen molar-refractivity contribution in [1.29, 1.82) is 0 Å². The SMILES string of the molecule is CNc1cc(F)c(F)c2c1[nH]c1ncc(Cl)c(N3CC[C@@]4(C[C@@H]4N(C)C)C3)c12. The van der Waals surface area contributed by atoms with Crippen molar-refractivity contribution >= 4 is 44.9 Å². The van der Waals surface area contributed by atoms with Crippen LogP contribution >= 0.6 is 11.6 Å². The number of H-pyrrole nitrogens is 1. The topological polar surface area (TPSA) is 47.2 Å². The molecule has 1 aliphatic carbocycles. The third kappa shape index (κ3) is 2.35. The molecular formula is C20H22ClF2N5. The fourth-order valence-corrected chi connectivity index (χ4v) is 5.27. The zero-order valence-corrected chi connectivity index (χ0v) is 16.8. The highest BCUT2D eigenvalue weighted by atomic mass is 35.5. The van der Waals surface area contributed by atoms with Crippen LogP contribution in [0.2, 0.25) is 5.02 Å². The number of hydrogen-bond donors (Lipinski definition) is 2. The van der Waals surface area contributed by atoms with E-state index < -0.39 is 11.6 Å². The fraction of sp³-hybridized carbons (Fsp3) is 0.450. The Balaban J connectivity index is 1.72. The standard InChI is InChI=1S/C20H22ClF2N5/c1-24-12-6-11(22)16(23)14-15-18(10(21)8-25-19(15)26-17(12)14)28-5-4-20(9-28)7-13(20)27(2)3/h6,8,13,24H,4-5,7,9H2,1-3H3,(H,25,26)/t13-,20+/m0/s1. The molecule has 0 radical (unpaired) electrons. The Morgan fingerprint density at radius 3 is 2.82 bits per heavy atom. The first-order valence-corrected chi connectivity index (χ1v) is 9.81. The summed E-state index contributed by atoms with van der Waals surface area (Å²) >= 11 is 6.56. The summed E-state index contributed by atoms with van der Waals surface area (Å²) < 4.78 is 29.2. The van der Waals surface area contributed by atoms with Crippen LogP contribution in [-0.4, -0.2) is 55.1 Å². The van der Waals surface area contributed by atoms with Gasteiger partial charge in [-0.15, -0.1) is 0 Å². The van der Waals surface area contributed by atoms with Gasteiger partial charge >= 0.3 is 0 Å². The number of fused-ring (bicyclic) bond motifs is 3. The highest BCUT2D eigenvalue weighted by Gasteiger charge is 2.58. The van der Waals surface area contributed by atoms with E-state index in [9.17, 15) is 8.78 Å². The van der Waals surface area contributed by atoms with E-state index in [1.165, 1.54) is 0 Å². The second kappa shape index (κ2) is 5.94. The van der Waals surface area contributed by atoms with Crippen LogP contribution in [0.15, 0.2) is 12.3 Å². The van der Waals surface area contributed by atoms with Crippen LogP contribution in [0.25, 0.3) is 21.9 Å². The fourth-order valence-electron chi connectivity index (χ4n) is 5.01. The van der Waals surface area contributed by atoms with Gasteiger partial charge in [0.15, 0.2) is 11.6 Å². The maximum Gasteiger partial charge on any atom is 0.169 e. The van der Waals surface area contributed by atoms with Crippen molar-refractivity contribution in [2.45, 2.75) is 18.9 Å². The summed E-state index contributed by atoms with van der Waals surface area (Å²) in [5.74, 6) is -1.77. The molecule has 3 aromatic rings. The van der Waals surface area contributed by atoms with Crippen molar-refractivity contribution in [2.75, 3.05) is 44.4 Å². The highest BCUT2D eigenvalue weighted by Crippen LogP contribution is 2.57. The van der Waals surface area contributed by atoms with Gasteiger partial charge in [-0.05, 0) is 26.9 Å². The molecule has 1 aliphatic heterocycles. The minimum Gasteiger partial charge on any atom is -0.386 e. The Hall–Kier alpha value is -2.12. The van der Waals surface area contributed by atoms with E-state index in [4.69, 9.17) is 11.6 Å². The van der Waals surface area contributed by atoms with Crippen LogP contribution in [0.3, 0.4) is 0 Å². The number of aromatic nitrogens is 2. The second-order valence-electron chi connectivity index (χ2n) is 8.24. The average molecular weight is 406 g/mol. The molecule has 148 valence electrons. The average Bonchev–Trinajstić information content (AvgIpc) is 3.01. The number of halogens is 3. The number of benzene rings is 1. The molecule has 0 bridgehead atoms. The Morgan fingerprint density at radius 2 is 2.14 bits per heavy atom. The van der Waals surface area contributed by atoms with Crippen LogP contribution in [0.4, 0.5) is 20.2 Å². The van der Waals surface area contributed by atoms with Gasteiger partial charge in [0.25, 0.3) is 0 Å². The summed E-state index contributed by atoms with van der Waals surface area (Å²) in [6.07, 6.45) is 3.81. The van der Waals surface area contributed by atoms with Crippen LogP contribution in [0.5, 0.6) is 0 Å². The number of nitrogens with zero attached hydrogens (tertiary/aromatic N) is 3. The van der Waals surface area contributed by atoms with Crippen molar-refractivity contribution in [3.05, 3.63) is 28.9 Å². The molecule has 2 aromatic heterocycles. The molecule has 2 fully saturated rings. The van der Waals surface area contributed by atoms with Crippen molar-refractivity contribution in [3.8, 4) is 0 Å².